The van der Waals surface area contributed by atoms with E-state index in [0.717, 1.165) is 0 Å². The minimum atomic E-state index is -0.504. The number of thioether (sulfide) groups is 1. The molecule has 1 fully saturated rings. The summed E-state index contributed by atoms with van der Waals surface area (Å²) in [7, 11) is 0. The van der Waals surface area contributed by atoms with Gasteiger partial charge in [0.2, 0.25) is 5.91 Å². The Balaban J connectivity index is 2.30. The molecule has 0 aliphatic carbocycles. The zero-order valence-electron chi connectivity index (χ0n) is 11.5. The molecule has 2 rings (SSSR count). The van der Waals surface area contributed by atoms with E-state index in [1.807, 2.05) is 0 Å². The molecule has 6 nitrogen and oxygen atoms in total. The van der Waals surface area contributed by atoms with E-state index in [4.69, 9.17) is 0 Å². The number of hydrogen-bond acceptors (Lipinski definition) is 5. The molecule has 1 aromatic carbocycles. The lowest BCUT2D eigenvalue weighted by Gasteiger charge is -2.18. The summed E-state index contributed by atoms with van der Waals surface area (Å²) in [4.78, 5) is 35.4. The van der Waals surface area contributed by atoms with Crippen LogP contribution in [0.5, 0.6) is 0 Å². The van der Waals surface area contributed by atoms with Crippen molar-refractivity contribution in [3.8, 4) is 0 Å². The molecule has 1 aliphatic heterocycles. The number of nitro groups is 1. The van der Waals surface area contributed by atoms with E-state index in [-0.39, 0.29) is 28.3 Å². The Morgan fingerprint density at radius 3 is 2.77 bits per heavy atom. The molecule has 1 amide bonds. The summed E-state index contributed by atoms with van der Waals surface area (Å²) in [6.45, 7) is 1.86. The fraction of sp³-hybridized carbons (Fsp3) is 0.385. The second-order valence-electron chi connectivity index (χ2n) is 4.89. The molecular weight excluding hydrogens is 440 g/mol. The van der Waals surface area contributed by atoms with Gasteiger partial charge in [-0.1, -0.05) is 27.7 Å². The van der Waals surface area contributed by atoms with Crippen LogP contribution in [0.4, 0.5) is 11.4 Å². The van der Waals surface area contributed by atoms with Crippen molar-refractivity contribution in [1.82, 2.24) is 0 Å². The van der Waals surface area contributed by atoms with Gasteiger partial charge in [-0.2, -0.15) is 0 Å². The molecule has 1 aliphatic rings. The first-order chi connectivity index (χ1) is 10.3. The van der Waals surface area contributed by atoms with Crippen LogP contribution in [0.2, 0.25) is 0 Å². The zero-order chi connectivity index (χ0) is 16.4. The Hall–Kier alpha value is -0.930. The van der Waals surface area contributed by atoms with Crippen LogP contribution in [0.3, 0.4) is 0 Å². The molecule has 1 heterocycles. The van der Waals surface area contributed by atoms with Crippen LogP contribution in [-0.4, -0.2) is 28.2 Å². The highest BCUT2D eigenvalue weighted by molar-refractivity contribution is 9.11. The summed E-state index contributed by atoms with van der Waals surface area (Å²) in [5.41, 5.74) is 0.142. The molecule has 0 saturated carbocycles. The molecular formula is C13H12Br2N2O4S. The minimum absolute atomic E-state index is 0.00158. The summed E-state index contributed by atoms with van der Waals surface area (Å²) < 4.78 is 1.05. The van der Waals surface area contributed by atoms with Crippen LogP contribution < -0.4 is 4.90 Å². The smallest absolute Gasteiger partial charge is 0.295 e. The monoisotopic (exact) mass is 450 g/mol. The lowest BCUT2D eigenvalue weighted by molar-refractivity contribution is -0.384. The van der Waals surface area contributed by atoms with Gasteiger partial charge in [-0.3, -0.25) is 19.7 Å². The van der Waals surface area contributed by atoms with E-state index in [1.165, 1.54) is 29.7 Å². The molecule has 0 spiro atoms. The maximum Gasteiger partial charge on any atom is 0.295 e. The Bertz CT molecular complexity index is 653. The van der Waals surface area contributed by atoms with E-state index >= 15 is 0 Å². The number of rotatable bonds is 4. The fourth-order valence-corrected chi connectivity index (χ4v) is 4.41. The van der Waals surface area contributed by atoms with Gasteiger partial charge in [-0.05, 0) is 27.9 Å². The molecule has 0 radical (unpaired) electrons. The average molecular weight is 452 g/mol. The largest absolute Gasteiger partial charge is 0.305 e. The normalized spacial score (nSPS) is 17.9. The Labute approximate surface area is 148 Å². The standard InChI is InChI=1S/C13H12Br2N2O4S/c1-7(18)22-6-8-2-12(19)16(5-8)13-10(15)3-9(14)4-11(13)17(20)21/h3-4,8H,2,5-6H2,1H3. The van der Waals surface area contributed by atoms with Gasteiger partial charge in [0.25, 0.3) is 5.69 Å². The first kappa shape index (κ1) is 17.4. The van der Waals surface area contributed by atoms with Crippen LogP contribution in [0.15, 0.2) is 21.1 Å². The highest BCUT2D eigenvalue weighted by Gasteiger charge is 2.35. The third-order valence-electron chi connectivity index (χ3n) is 3.20. The maximum absolute atomic E-state index is 12.2. The Morgan fingerprint density at radius 2 is 2.18 bits per heavy atom. The van der Waals surface area contributed by atoms with E-state index in [1.54, 1.807) is 6.07 Å². The zero-order valence-corrected chi connectivity index (χ0v) is 15.5. The average Bonchev–Trinajstić information content (AvgIpc) is 2.76. The van der Waals surface area contributed by atoms with Crippen molar-refractivity contribution in [2.75, 3.05) is 17.2 Å². The highest BCUT2D eigenvalue weighted by atomic mass is 79.9. The predicted octanol–water partition coefficient (Wildman–Crippen LogP) is 3.75. The van der Waals surface area contributed by atoms with Crippen molar-refractivity contribution in [3.05, 3.63) is 31.2 Å². The number of amides is 1. The minimum Gasteiger partial charge on any atom is -0.305 e. The molecule has 22 heavy (non-hydrogen) atoms. The summed E-state index contributed by atoms with van der Waals surface area (Å²) in [6, 6.07) is 3.05. The number of carbonyl (C=O) groups excluding carboxylic acids is 2. The van der Waals surface area contributed by atoms with E-state index in [0.29, 0.717) is 27.7 Å². The molecule has 9 heteroatoms. The summed E-state index contributed by atoms with van der Waals surface area (Å²) in [6.07, 6.45) is 0.292. The van der Waals surface area contributed by atoms with Crippen molar-refractivity contribution in [2.45, 2.75) is 13.3 Å². The second kappa shape index (κ2) is 7.10. The third-order valence-corrected chi connectivity index (χ3v) is 5.31. The van der Waals surface area contributed by atoms with Crippen LogP contribution in [0, 0.1) is 16.0 Å². The molecule has 0 N–H and O–H groups in total. The number of carbonyl (C=O) groups is 2. The van der Waals surface area contributed by atoms with Crippen LogP contribution in [-0.2, 0) is 9.59 Å². The van der Waals surface area contributed by atoms with Gasteiger partial charge in [-0.25, -0.2) is 0 Å². The van der Waals surface area contributed by atoms with Crippen LogP contribution in [0.25, 0.3) is 0 Å². The first-order valence-corrected chi connectivity index (χ1v) is 8.94. The predicted molar refractivity (Wildman–Crippen MR) is 92.1 cm³/mol. The van der Waals surface area contributed by atoms with E-state index in [9.17, 15) is 19.7 Å². The van der Waals surface area contributed by atoms with Crippen LogP contribution in [0.1, 0.15) is 13.3 Å². The lowest BCUT2D eigenvalue weighted by atomic mass is 10.1. The van der Waals surface area contributed by atoms with Crippen molar-refractivity contribution >= 4 is 66.0 Å². The second-order valence-corrected chi connectivity index (χ2v) is 7.86. The van der Waals surface area contributed by atoms with Gasteiger partial charge in [0.15, 0.2) is 5.12 Å². The van der Waals surface area contributed by atoms with Gasteiger partial charge in [0, 0.05) is 40.7 Å². The number of anilines is 1. The fourth-order valence-electron chi connectivity index (χ4n) is 2.30. The van der Waals surface area contributed by atoms with Gasteiger partial charge in [0.05, 0.1) is 4.92 Å². The van der Waals surface area contributed by atoms with Gasteiger partial charge in [0.1, 0.15) is 5.69 Å². The topological polar surface area (TPSA) is 80.5 Å². The van der Waals surface area contributed by atoms with E-state index < -0.39 is 4.92 Å². The number of halogens is 2. The van der Waals surface area contributed by atoms with Crippen molar-refractivity contribution < 1.29 is 14.5 Å². The lowest BCUT2D eigenvalue weighted by Crippen LogP contribution is -2.26. The number of nitrogens with zero attached hydrogens (tertiary/aromatic N) is 2. The third kappa shape index (κ3) is 3.88. The van der Waals surface area contributed by atoms with Crippen molar-refractivity contribution in [3.63, 3.8) is 0 Å². The summed E-state index contributed by atoms with van der Waals surface area (Å²) in [5.74, 6) is 0.385. The first-order valence-electron chi connectivity index (χ1n) is 6.36. The van der Waals surface area contributed by atoms with Gasteiger partial charge in [-0.15, -0.1) is 0 Å². The molecule has 1 unspecified atom stereocenters. The summed E-state index contributed by atoms with van der Waals surface area (Å²) >= 11 is 7.69. The van der Waals surface area contributed by atoms with Crippen LogP contribution >= 0.6 is 43.6 Å². The number of hydrogen-bond donors (Lipinski definition) is 0. The van der Waals surface area contributed by atoms with Crippen molar-refractivity contribution in [1.29, 1.82) is 0 Å². The van der Waals surface area contributed by atoms with E-state index in [2.05, 4.69) is 31.9 Å². The molecule has 1 aromatic rings. The Morgan fingerprint density at radius 1 is 1.50 bits per heavy atom. The maximum atomic E-state index is 12.2. The molecule has 1 saturated heterocycles. The Kier molecular flexibility index (Phi) is 5.62. The quantitative estimate of drug-likeness (QED) is 0.514. The van der Waals surface area contributed by atoms with Gasteiger partial charge >= 0.3 is 0 Å². The number of nitro benzene ring substituents is 1. The SMILES string of the molecule is CC(=O)SCC1CC(=O)N(c2c(Br)cc(Br)cc2[N+](=O)[O-])C1. The highest BCUT2D eigenvalue weighted by Crippen LogP contribution is 2.41. The molecule has 0 aromatic heterocycles. The molecule has 118 valence electrons. The summed E-state index contributed by atoms with van der Waals surface area (Å²) in [5, 5.41) is 11.3. The molecule has 0 bridgehead atoms. The number of benzene rings is 1. The molecule has 1 atom stereocenters. The van der Waals surface area contributed by atoms with Gasteiger partial charge < -0.3 is 4.90 Å². The van der Waals surface area contributed by atoms with Crippen molar-refractivity contribution in [2.24, 2.45) is 5.92 Å².